The molecule has 0 radical (unpaired) electrons. The number of hydrogen-bond donors (Lipinski definition) is 0. The molecule has 0 atom stereocenters. The van der Waals surface area contributed by atoms with Crippen LogP contribution in [0.25, 0.3) is 103 Å². The molecule has 0 saturated heterocycles. The minimum absolute atomic E-state index is 0.718. The Morgan fingerprint density at radius 3 is 1.74 bits per heavy atom. The highest BCUT2D eigenvalue weighted by molar-refractivity contribution is 7.25. The normalized spacial score (nSPS) is 11.7. The summed E-state index contributed by atoms with van der Waals surface area (Å²) in [5, 5.41) is 6.17. The lowest BCUT2D eigenvalue weighted by Gasteiger charge is -2.11. The fourth-order valence-corrected chi connectivity index (χ4v) is 9.08. The lowest BCUT2D eigenvalue weighted by molar-refractivity contribution is 1.18. The van der Waals surface area contributed by atoms with Crippen LogP contribution in [-0.2, 0) is 0 Å². The Morgan fingerprint density at radius 2 is 0.944 bits per heavy atom. The maximum atomic E-state index is 5.18. The number of hydrogen-bond acceptors (Lipinski definition) is 3. The Hall–Kier alpha value is -6.88. The lowest BCUT2D eigenvalue weighted by Crippen LogP contribution is -1.95. The van der Waals surface area contributed by atoms with Crippen molar-refractivity contribution in [3.05, 3.63) is 188 Å². The fraction of sp³-hybridized carbons (Fsp3) is 0. The van der Waals surface area contributed by atoms with E-state index >= 15 is 0 Å². The zero-order valence-electron chi connectivity index (χ0n) is 29.1. The van der Waals surface area contributed by atoms with E-state index in [1.54, 1.807) is 0 Å². The van der Waals surface area contributed by atoms with E-state index in [1.165, 1.54) is 58.7 Å². The van der Waals surface area contributed by atoms with Gasteiger partial charge in [0.15, 0.2) is 5.82 Å². The lowest BCUT2D eigenvalue weighted by atomic mass is 10.00. The van der Waals surface area contributed by atoms with Crippen molar-refractivity contribution in [2.45, 2.75) is 0 Å². The summed E-state index contributed by atoms with van der Waals surface area (Å²) in [6.45, 7) is 0. The van der Waals surface area contributed by atoms with Crippen LogP contribution in [0, 0.1) is 0 Å². The van der Waals surface area contributed by atoms with Crippen LogP contribution >= 0.6 is 11.3 Å². The van der Waals surface area contributed by atoms with Crippen LogP contribution in [0.15, 0.2) is 188 Å². The van der Waals surface area contributed by atoms with E-state index in [0.29, 0.717) is 0 Å². The third-order valence-corrected chi connectivity index (χ3v) is 11.8. The molecule has 0 N–H and O–H groups in total. The third-order valence-electron chi connectivity index (χ3n) is 10.6. The van der Waals surface area contributed by atoms with Crippen molar-refractivity contribution in [1.29, 1.82) is 0 Å². The summed E-state index contributed by atoms with van der Waals surface area (Å²) >= 11 is 1.87. The third kappa shape index (κ3) is 5.03. The SMILES string of the molecule is c1ccc(-c2ccc(-c3nc(-c4ccc(-c5ccc6c(c5)c5cc7c(cc5n6-c5ccccc5)sc5ccccc57)cc4)nc4ccccc34)cc2)cc1. The highest BCUT2D eigenvalue weighted by Gasteiger charge is 2.17. The molecule has 0 aliphatic rings. The van der Waals surface area contributed by atoms with Gasteiger partial charge in [-0.05, 0) is 70.8 Å². The highest BCUT2D eigenvalue weighted by Crippen LogP contribution is 2.42. The largest absolute Gasteiger partial charge is 0.309 e. The minimum Gasteiger partial charge on any atom is -0.309 e. The average molecular weight is 706 g/mol. The highest BCUT2D eigenvalue weighted by atomic mass is 32.1. The first kappa shape index (κ1) is 30.7. The predicted molar refractivity (Wildman–Crippen MR) is 229 cm³/mol. The van der Waals surface area contributed by atoms with Crippen molar-refractivity contribution >= 4 is 64.2 Å². The smallest absolute Gasteiger partial charge is 0.160 e. The van der Waals surface area contributed by atoms with Crippen LogP contribution < -0.4 is 0 Å². The topological polar surface area (TPSA) is 30.7 Å². The molecule has 0 fully saturated rings. The number of fused-ring (bicyclic) bond motifs is 7. The van der Waals surface area contributed by atoms with Crippen LogP contribution in [0.2, 0.25) is 0 Å². The molecular weight excluding hydrogens is 675 g/mol. The molecule has 11 rings (SSSR count). The zero-order chi connectivity index (χ0) is 35.6. The van der Waals surface area contributed by atoms with Crippen molar-refractivity contribution in [3.8, 4) is 50.6 Å². The van der Waals surface area contributed by atoms with E-state index in [9.17, 15) is 0 Å². The van der Waals surface area contributed by atoms with Gasteiger partial charge in [-0.2, -0.15) is 0 Å². The zero-order valence-corrected chi connectivity index (χ0v) is 30.0. The van der Waals surface area contributed by atoms with Gasteiger partial charge >= 0.3 is 0 Å². The second-order valence-electron chi connectivity index (χ2n) is 13.8. The van der Waals surface area contributed by atoms with Crippen molar-refractivity contribution in [2.24, 2.45) is 0 Å². The second-order valence-corrected chi connectivity index (χ2v) is 14.9. The molecule has 0 saturated carbocycles. The molecule has 3 nitrogen and oxygen atoms in total. The molecule has 0 spiro atoms. The van der Waals surface area contributed by atoms with Crippen molar-refractivity contribution in [2.75, 3.05) is 0 Å². The standard InChI is InChI=1S/C50H31N3S/c1-3-11-32(12-4-1)33-19-23-35(24-20-33)49-40-16-7-9-17-44(40)51-50(52-49)36-25-21-34(22-26-36)37-27-28-45-41(29-37)42-30-43-39-15-8-10-18-47(39)54-48(43)31-46(42)53(45)38-13-5-2-6-14-38/h1-31H. The molecule has 4 heteroatoms. The summed E-state index contributed by atoms with van der Waals surface area (Å²) in [5.41, 5.74) is 12.2. The van der Waals surface area contributed by atoms with E-state index in [1.807, 2.05) is 23.5 Å². The van der Waals surface area contributed by atoms with E-state index < -0.39 is 0 Å². The van der Waals surface area contributed by atoms with Gasteiger partial charge in [0.1, 0.15) is 0 Å². The molecule has 3 aromatic heterocycles. The van der Waals surface area contributed by atoms with Gasteiger partial charge in [0, 0.05) is 53.1 Å². The molecule has 252 valence electrons. The van der Waals surface area contributed by atoms with Crippen LogP contribution in [0.1, 0.15) is 0 Å². The summed E-state index contributed by atoms with van der Waals surface area (Å²) in [7, 11) is 0. The molecule has 0 unspecified atom stereocenters. The first-order valence-electron chi connectivity index (χ1n) is 18.2. The van der Waals surface area contributed by atoms with E-state index in [0.717, 1.165) is 44.8 Å². The summed E-state index contributed by atoms with van der Waals surface area (Å²) in [6.07, 6.45) is 0. The van der Waals surface area contributed by atoms with Gasteiger partial charge in [-0.1, -0.05) is 140 Å². The molecule has 3 heterocycles. The predicted octanol–water partition coefficient (Wildman–Crippen LogP) is 13.8. The Bertz CT molecular complexity index is 3180. The van der Waals surface area contributed by atoms with Gasteiger partial charge in [0.25, 0.3) is 0 Å². The first-order valence-corrected chi connectivity index (χ1v) is 19.1. The fourth-order valence-electron chi connectivity index (χ4n) is 7.96. The Morgan fingerprint density at radius 1 is 0.352 bits per heavy atom. The number of rotatable bonds is 5. The summed E-state index contributed by atoms with van der Waals surface area (Å²) < 4.78 is 5.04. The van der Waals surface area contributed by atoms with Crippen molar-refractivity contribution in [1.82, 2.24) is 14.5 Å². The number of aromatic nitrogens is 3. The molecule has 0 aliphatic heterocycles. The first-order chi connectivity index (χ1) is 26.7. The van der Waals surface area contributed by atoms with Gasteiger partial charge in [-0.15, -0.1) is 11.3 Å². The average Bonchev–Trinajstić information content (AvgIpc) is 3.77. The van der Waals surface area contributed by atoms with Crippen LogP contribution in [0.5, 0.6) is 0 Å². The van der Waals surface area contributed by atoms with Gasteiger partial charge in [0.05, 0.1) is 22.2 Å². The number of nitrogens with zero attached hydrogens (tertiary/aromatic N) is 3. The van der Waals surface area contributed by atoms with E-state index in [4.69, 9.17) is 9.97 Å². The van der Waals surface area contributed by atoms with E-state index in [-0.39, 0.29) is 0 Å². The van der Waals surface area contributed by atoms with Crippen LogP contribution in [-0.4, -0.2) is 14.5 Å². The molecule has 0 aliphatic carbocycles. The maximum Gasteiger partial charge on any atom is 0.160 e. The van der Waals surface area contributed by atoms with Gasteiger partial charge in [-0.3, -0.25) is 0 Å². The summed E-state index contributed by atoms with van der Waals surface area (Å²) in [5.74, 6) is 0.718. The monoisotopic (exact) mass is 705 g/mol. The van der Waals surface area contributed by atoms with Crippen molar-refractivity contribution < 1.29 is 0 Å². The van der Waals surface area contributed by atoms with E-state index in [2.05, 4.69) is 180 Å². The molecule has 8 aromatic carbocycles. The van der Waals surface area contributed by atoms with Gasteiger partial charge in [-0.25, -0.2) is 9.97 Å². The number of benzene rings is 8. The van der Waals surface area contributed by atoms with Crippen molar-refractivity contribution in [3.63, 3.8) is 0 Å². The minimum atomic E-state index is 0.718. The molecule has 0 amide bonds. The Labute approximate surface area is 316 Å². The Balaban J connectivity index is 1.01. The number of para-hydroxylation sites is 2. The maximum absolute atomic E-state index is 5.18. The molecular formula is C50H31N3S. The molecule has 11 aromatic rings. The molecule has 54 heavy (non-hydrogen) atoms. The van der Waals surface area contributed by atoms with Crippen LogP contribution in [0.3, 0.4) is 0 Å². The Kier molecular flexibility index (Phi) is 7.04. The van der Waals surface area contributed by atoms with Gasteiger partial charge in [0.2, 0.25) is 0 Å². The summed E-state index contributed by atoms with van der Waals surface area (Å²) in [6, 6.07) is 67.3. The number of thiophene rings is 1. The second kappa shape index (κ2) is 12.4. The quantitative estimate of drug-likeness (QED) is 0.178. The van der Waals surface area contributed by atoms with Crippen LogP contribution in [0.4, 0.5) is 0 Å². The van der Waals surface area contributed by atoms with Gasteiger partial charge < -0.3 is 4.57 Å². The molecule has 0 bridgehead atoms. The summed E-state index contributed by atoms with van der Waals surface area (Å²) in [4.78, 5) is 10.2.